The monoisotopic (exact) mass is 668 g/mol. The van der Waals surface area contributed by atoms with Crippen LogP contribution in [0.5, 0.6) is 0 Å². The predicted molar refractivity (Wildman–Crippen MR) is 165 cm³/mol. The number of carbonyl (C=O) groups is 1. The number of carbonyl (C=O) groups excluding carboxylic acids is 2. The fourth-order valence-electron chi connectivity index (χ4n) is 5.30. The number of hydrogen-bond donors (Lipinski definition) is 3. The Morgan fingerprint density at radius 3 is 2.43 bits per heavy atom. The van der Waals surface area contributed by atoms with Crippen LogP contribution in [0.4, 0.5) is 0 Å². The summed E-state index contributed by atoms with van der Waals surface area (Å²) in [4.78, 5) is 41.8. The van der Waals surface area contributed by atoms with Gasteiger partial charge in [-0.25, -0.2) is 14.8 Å². The third-order valence-corrected chi connectivity index (χ3v) is 8.42. The van der Waals surface area contributed by atoms with Crippen LogP contribution in [-0.4, -0.2) is 77.0 Å². The van der Waals surface area contributed by atoms with Gasteiger partial charge in [0, 0.05) is 11.4 Å². The first-order valence-corrected chi connectivity index (χ1v) is 14.9. The van der Waals surface area contributed by atoms with Gasteiger partial charge >= 0.3 is 12.1 Å². The topological polar surface area (TPSA) is 174 Å². The molecule has 2 aromatic heterocycles. The summed E-state index contributed by atoms with van der Waals surface area (Å²) in [5.74, 6) is 1.06. The molecule has 1 fully saturated rings. The molecule has 5 atom stereocenters. The van der Waals surface area contributed by atoms with Crippen molar-refractivity contribution in [1.82, 2.24) is 19.5 Å². The number of hydrogen-bond acceptors (Lipinski definition) is 10. The highest BCUT2D eigenvalue weighted by Gasteiger charge is 2.56. The van der Waals surface area contributed by atoms with Crippen molar-refractivity contribution < 1.29 is 39.2 Å². The maximum atomic E-state index is 12.4. The van der Waals surface area contributed by atoms with Crippen LogP contribution in [0.15, 0.2) is 60.9 Å². The first-order valence-electron chi connectivity index (χ1n) is 14.1. The molecule has 1 saturated heterocycles. The lowest BCUT2D eigenvalue weighted by molar-refractivity contribution is -0.191. The fourth-order valence-corrected chi connectivity index (χ4v) is 5.72. The largest absolute Gasteiger partial charge is 0.479 e. The van der Waals surface area contributed by atoms with Crippen LogP contribution in [0.25, 0.3) is 11.2 Å². The summed E-state index contributed by atoms with van der Waals surface area (Å²) >= 11 is 12.6. The van der Waals surface area contributed by atoms with Crippen molar-refractivity contribution in [3.05, 3.63) is 88.1 Å². The van der Waals surface area contributed by atoms with E-state index in [9.17, 15) is 20.1 Å². The van der Waals surface area contributed by atoms with Crippen molar-refractivity contribution in [3.8, 4) is 12.3 Å². The Balaban J connectivity index is 0.00000154. The molecule has 46 heavy (non-hydrogen) atoms. The maximum absolute atomic E-state index is 12.4. The molecule has 3 N–H and O–H groups in total. The van der Waals surface area contributed by atoms with Gasteiger partial charge in [-0.05, 0) is 48.1 Å². The first kappa shape index (κ1) is 34.7. The van der Waals surface area contributed by atoms with Crippen LogP contribution in [0, 0.1) is 12.3 Å². The van der Waals surface area contributed by atoms with Gasteiger partial charge in [0.1, 0.15) is 17.7 Å². The van der Waals surface area contributed by atoms with E-state index in [1.807, 2.05) is 42.5 Å². The summed E-state index contributed by atoms with van der Waals surface area (Å²) in [6.45, 7) is 1.29. The summed E-state index contributed by atoms with van der Waals surface area (Å²) < 4.78 is 13.5. The average Bonchev–Trinajstić information content (AvgIpc) is 3.57. The van der Waals surface area contributed by atoms with E-state index in [1.165, 1.54) is 10.9 Å². The predicted octanol–water partition coefficient (Wildman–Crippen LogP) is 3.45. The summed E-state index contributed by atoms with van der Waals surface area (Å²) in [5.41, 5.74) is -0.900. The molecule has 0 amide bonds. The zero-order chi connectivity index (χ0) is 33.5. The number of fused-ring (bicyclic) bond motifs is 1. The third-order valence-electron chi connectivity index (χ3n) is 7.88. The standard InChI is InChI=1S/C31H30Cl2N4O6.CO2/c1-3-30(28(39)40,16-19-10-6-5-7-11-19)42-17-23-31(41,4-2)25(38)27(43-23)37-18-34-24-22(35-29(33)36-26(24)37)15-14-20-12-8-9-13-21(20)32;2-1-3/h2,5-13,18,23,25,27,38,41H,3,14-17H2,1H3,(H,39,40);/t23-,25+,27-,30?,31-;/m1./s1. The van der Waals surface area contributed by atoms with Gasteiger partial charge in [-0.3, -0.25) is 4.57 Å². The summed E-state index contributed by atoms with van der Waals surface area (Å²) in [7, 11) is 0. The molecule has 0 bridgehead atoms. The molecular formula is C32H30Cl2N4O8. The molecule has 0 spiro atoms. The van der Waals surface area contributed by atoms with E-state index >= 15 is 0 Å². The molecule has 4 aromatic rings. The highest BCUT2D eigenvalue weighted by molar-refractivity contribution is 6.31. The Kier molecular flexibility index (Phi) is 11.3. The van der Waals surface area contributed by atoms with Crippen LogP contribution >= 0.6 is 23.2 Å². The minimum absolute atomic E-state index is 0.0434. The van der Waals surface area contributed by atoms with Crippen LogP contribution in [0.3, 0.4) is 0 Å². The van der Waals surface area contributed by atoms with Crippen LogP contribution < -0.4 is 0 Å². The molecule has 1 aliphatic heterocycles. The summed E-state index contributed by atoms with van der Waals surface area (Å²) in [6, 6.07) is 16.5. The molecule has 0 radical (unpaired) electrons. The number of aromatic nitrogens is 4. The van der Waals surface area contributed by atoms with Gasteiger partial charge in [-0.2, -0.15) is 14.6 Å². The number of carboxylic acids is 1. The van der Waals surface area contributed by atoms with E-state index < -0.39 is 42.2 Å². The Hall–Kier alpha value is -4.18. The molecule has 12 nitrogen and oxygen atoms in total. The van der Waals surface area contributed by atoms with Crippen molar-refractivity contribution in [2.24, 2.45) is 0 Å². The number of rotatable bonds is 11. The number of nitrogens with zero attached hydrogens (tertiary/aromatic N) is 4. The minimum Gasteiger partial charge on any atom is -0.479 e. The molecule has 14 heteroatoms. The lowest BCUT2D eigenvalue weighted by atomic mass is 9.90. The maximum Gasteiger partial charge on any atom is 0.373 e. The number of halogens is 2. The number of benzene rings is 2. The molecule has 3 heterocycles. The zero-order valence-corrected chi connectivity index (χ0v) is 26.1. The fraction of sp³-hybridized carbons (Fsp3) is 0.344. The Morgan fingerprint density at radius 2 is 1.80 bits per heavy atom. The highest BCUT2D eigenvalue weighted by atomic mass is 35.5. The number of aliphatic carboxylic acids is 1. The van der Waals surface area contributed by atoms with Crippen molar-refractivity contribution in [2.45, 2.75) is 62.2 Å². The Labute approximate surface area is 273 Å². The molecule has 240 valence electrons. The van der Waals surface area contributed by atoms with Gasteiger partial charge in [-0.1, -0.05) is 73.0 Å². The van der Waals surface area contributed by atoms with E-state index in [2.05, 4.69) is 20.9 Å². The van der Waals surface area contributed by atoms with Crippen molar-refractivity contribution in [3.63, 3.8) is 0 Å². The quantitative estimate of drug-likeness (QED) is 0.158. The number of imidazole rings is 1. The van der Waals surface area contributed by atoms with Crippen molar-refractivity contribution in [1.29, 1.82) is 0 Å². The lowest BCUT2D eigenvalue weighted by Gasteiger charge is -2.32. The van der Waals surface area contributed by atoms with E-state index in [4.69, 9.17) is 48.7 Å². The lowest BCUT2D eigenvalue weighted by Crippen LogP contribution is -2.51. The Morgan fingerprint density at radius 1 is 1.13 bits per heavy atom. The van der Waals surface area contributed by atoms with Crippen LogP contribution in [-0.2, 0) is 43.1 Å². The smallest absolute Gasteiger partial charge is 0.373 e. The van der Waals surface area contributed by atoms with Gasteiger partial charge in [-0.15, -0.1) is 6.42 Å². The normalized spacial score (nSPS) is 21.9. The molecule has 2 aromatic carbocycles. The van der Waals surface area contributed by atoms with Crippen LogP contribution in [0.2, 0.25) is 10.3 Å². The summed E-state index contributed by atoms with van der Waals surface area (Å²) in [6.07, 6.45) is 4.40. The molecule has 1 aliphatic rings. The van der Waals surface area contributed by atoms with E-state index in [1.54, 1.807) is 19.1 Å². The number of aryl methyl sites for hydroxylation is 2. The zero-order valence-electron chi connectivity index (χ0n) is 24.5. The first-order chi connectivity index (χ1) is 22.0. The average molecular weight is 670 g/mol. The minimum atomic E-state index is -2.21. The van der Waals surface area contributed by atoms with Crippen molar-refractivity contribution >= 4 is 46.5 Å². The second-order valence-corrected chi connectivity index (χ2v) is 11.2. The second-order valence-electron chi connectivity index (χ2n) is 10.5. The van der Waals surface area contributed by atoms with Gasteiger partial charge < -0.3 is 24.8 Å². The molecule has 1 unspecified atom stereocenters. The van der Waals surface area contributed by atoms with Crippen molar-refractivity contribution in [2.75, 3.05) is 6.61 Å². The number of terminal acetylenes is 1. The third kappa shape index (κ3) is 7.12. The molecule has 5 rings (SSSR count). The van der Waals surface area contributed by atoms with Gasteiger partial charge in [0.15, 0.2) is 23.1 Å². The van der Waals surface area contributed by atoms with Gasteiger partial charge in [0.25, 0.3) is 0 Å². The summed E-state index contributed by atoms with van der Waals surface area (Å²) in [5, 5.41) is 33.3. The Bertz CT molecular complexity index is 1760. The second kappa shape index (κ2) is 14.9. The molecular weight excluding hydrogens is 639 g/mol. The number of aliphatic hydroxyl groups excluding tert-OH is 1. The highest BCUT2D eigenvalue weighted by Crippen LogP contribution is 2.39. The van der Waals surface area contributed by atoms with Gasteiger partial charge in [0.2, 0.25) is 5.28 Å². The SMILES string of the molecule is C#C[C@@]1(O)[C@@H](COC(CC)(Cc2ccccc2)C(=O)O)O[C@@H](n2cnc3c(CCc4ccccc4Cl)nc(Cl)nc32)[C@@H]1O.O=C=O. The molecule has 0 saturated carbocycles. The number of ether oxygens (including phenoxy) is 2. The van der Waals surface area contributed by atoms with Crippen LogP contribution in [0.1, 0.15) is 36.4 Å². The van der Waals surface area contributed by atoms with Gasteiger partial charge in [0.05, 0.1) is 18.6 Å². The van der Waals surface area contributed by atoms with E-state index in [0.717, 1.165) is 11.1 Å². The molecule has 0 aliphatic carbocycles. The number of aliphatic hydroxyl groups is 2. The van der Waals surface area contributed by atoms with E-state index in [0.29, 0.717) is 29.1 Å². The number of carboxylic acid groups (broad SMARTS) is 1. The van der Waals surface area contributed by atoms with E-state index in [-0.39, 0.29) is 29.9 Å².